The van der Waals surface area contributed by atoms with Crippen LogP contribution in [0.2, 0.25) is 0 Å². The molecule has 0 spiro atoms. The third kappa shape index (κ3) is 3.68. The molecule has 0 aliphatic heterocycles. The van der Waals surface area contributed by atoms with Crippen LogP contribution in [-0.4, -0.2) is 20.4 Å². The first-order valence-electron chi connectivity index (χ1n) is 8.06. The molecule has 5 nitrogen and oxygen atoms in total. The van der Waals surface area contributed by atoms with Crippen LogP contribution in [0.1, 0.15) is 29.5 Å². The molecule has 0 saturated carbocycles. The van der Waals surface area contributed by atoms with E-state index in [2.05, 4.69) is 22.2 Å². The number of aromatic nitrogens is 3. The summed E-state index contributed by atoms with van der Waals surface area (Å²) in [6, 6.07) is 11.5. The molecule has 24 heavy (non-hydrogen) atoms. The molecule has 0 saturated heterocycles. The van der Waals surface area contributed by atoms with Gasteiger partial charge in [-0.15, -0.1) is 0 Å². The first-order chi connectivity index (χ1) is 11.8. The summed E-state index contributed by atoms with van der Waals surface area (Å²) in [4.78, 5) is 20.9. The zero-order valence-electron chi connectivity index (χ0n) is 13.6. The normalized spacial score (nSPS) is 10.5. The number of amides is 1. The van der Waals surface area contributed by atoms with Crippen LogP contribution in [0.4, 0.5) is 0 Å². The molecule has 3 heterocycles. The van der Waals surface area contributed by atoms with Crippen LogP contribution < -0.4 is 5.32 Å². The number of carbonyl (C=O) groups is 1. The molecule has 3 rings (SSSR count). The number of nitrogens with zero attached hydrogens (tertiary/aromatic N) is 3. The maximum absolute atomic E-state index is 12.6. The molecule has 0 aliphatic carbocycles. The van der Waals surface area contributed by atoms with E-state index in [4.69, 9.17) is 0 Å². The largest absolute Gasteiger partial charge is 0.345 e. The maximum atomic E-state index is 12.6. The second kappa shape index (κ2) is 7.55. The Morgan fingerprint density at radius 2 is 1.96 bits per heavy atom. The number of aryl methyl sites for hydroxylation is 1. The molecular weight excluding hydrogens is 300 g/mol. The fourth-order valence-electron chi connectivity index (χ4n) is 2.59. The van der Waals surface area contributed by atoms with Gasteiger partial charge in [0.1, 0.15) is 5.69 Å². The second-order valence-electron chi connectivity index (χ2n) is 5.55. The van der Waals surface area contributed by atoms with Gasteiger partial charge in [-0.3, -0.25) is 14.8 Å². The van der Waals surface area contributed by atoms with Crippen molar-refractivity contribution in [1.82, 2.24) is 19.9 Å². The number of hydrogen-bond donors (Lipinski definition) is 1. The first kappa shape index (κ1) is 15.9. The molecular formula is C19H20N4O. The Hall–Kier alpha value is -2.95. The predicted octanol–water partition coefficient (Wildman–Crippen LogP) is 3.29. The molecule has 0 fully saturated rings. The summed E-state index contributed by atoms with van der Waals surface area (Å²) >= 11 is 0. The van der Waals surface area contributed by atoms with Crippen LogP contribution in [0.5, 0.6) is 0 Å². The molecule has 3 aromatic heterocycles. The van der Waals surface area contributed by atoms with Crippen LogP contribution in [0.25, 0.3) is 11.1 Å². The van der Waals surface area contributed by atoms with Gasteiger partial charge in [0.25, 0.3) is 5.91 Å². The van der Waals surface area contributed by atoms with Crippen LogP contribution in [0, 0.1) is 0 Å². The standard InChI is InChI=1S/C19H20N4O/c1-2-11-23-14-16(15-6-9-20-10-7-15)12-18(23)19(24)22-13-17-5-3-4-8-21-17/h3-10,12,14H,2,11,13H2,1H3,(H,22,24). The number of hydrogen-bond acceptors (Lipinski definition) is 3. The molecule has 0 aliphatic rings. The minimum Gasteiger partial charge on any atom is -0.345 e. The zero-order valence-corrected chi connectivity index (χ0v) is 13.6. The quantitative estimate of drug-likeness (QED) is 0.758. The van der Waals surface area contributed by atoms with Crippen molar-refractivity contribution in [3.63, 3.8) is 0 Å². The van der Waals surface area contributed by atoms with Gasteiger partial charge >= 0.3 is 0 Å². The van der Waals surface area contributed by atoms with Gasteiger partial charge in [-0.1, -0.05) is 13.0 Å². The number of nitrogens with one attached hydrogen (secondary N) is 1. The minimum absolute atomic E-state index is 0.0885. The van der Waals surface area contributed by atoms with E-state index in [0.717, 1.165) is 29.8 Å². The summed E-state index contributed by atoms with van der Waals surface area (Å²) in [6.45, 7) is 3.32. The van der Waals surface area contributed by atoms with Crippen LogP contribution in [0.3, 0.4) is 0 Å². The molecule has 0 radical (unpaired) electrons. The van der Waals surface area contributed by atoms with Gasteiger partial charge in [0.05, 0.1) is 12.2 Å². The molecule has 122 valence electrons. The Kier molecular flexibility index (Phi) is 5.01. The van der Waals surface area contributed by atoms with Crippen molar-refractivity contribution in [2.75, 3.05) is 0 Å². The summed E-state index contributed by atoms with van der Waals surface area (Å²) in [7, 11) is 0. The van der Waals surface area contributed by atoms with Gasteiger partial charge in [0.2, 0.25) is 0 Å². The van der Waals surface area contributed by atoms with E-state index < -0.39 is 0 Å². The highest BCUT2D eigenvalue weighted by Gasteiger charge is 2.14. The van der Waals surface area contributed by atoms with Gasteiger partial charge in [-0.2, -0.15) is 0 Å². The molecule has 3 aromatic rings. The average molecular weight is 320 g/mol. The minimum atomic E-state index is -0.0885. The summed E-state index contributed by atoms with van der Waals surface area (Å²) in [5, 5.41) is 2.94. The number of carbonyl (C=O) groups excluding carboxylic acids is 1. The summed E-state index contributed by atoms with van der Waals surface area (Å²) in [5.74, 6) is -0.0885. The molecule has 0 atom stereocenters. The smallest absolute Gasteiger partial charge is 0.268 e. The molecule has 0 bridgehead atoms. The molecule has 1 N–H and O–H groups in total. The van der Waals surface area contributed by atoms with Gasteiger partial charge in [0.15, 0.2) is 0 Å². The number of pyridine rings is 2. The molecule has 1 amide bonds. The second-order valence-corrected chi connectivity index (χ2v) is 5.55. The van der Waals surface area contributed by atoms with Crippen LogP contribution >= 0.6 is 0 Å². The van der Waals surface area contributed by atoms with Crippen molar-refractivity contribution in [3.05, 3.63) is 72.6 Å². The first-order valence-corrected chi connectivity index (χ1v) is 8.06. The fraction of sp³-hybridized carbons (Fsp3) is 0.211. The van der Waals surface area contributed by atoms with E-state index in [0.29, 0.717) is 12.2 Å². The SMILES string of the molecule is CCCn1cc(-c2ccncc2)cc1C(=O)NCc1ccccn1. The van der Waals surface area contributed by atoms with Crippen LogP contribution in [-0.2, 0) is 13.1 Å². The van der Waals surface area contributed by atoms with E-state index in [1.807, 2.05) is 47.2 Å². The highest BCUT2D eigenvalue weighted by atomic mass is 16.1. The average Bonchev–Trinajstić information content (AvgIpc) is 3.06. The van der Waals surface area contributed by atoms with Gasteiger partial charge in [-0.25, -0.2) is 0 Å². The zero-order chi connectivity index (χ0) is 16.8. The lowest BCUT2D eigenvalue weighted by molar-refractivity contribution is 0.0941. The Labute approximate surface area is 141 Å². The lowest BCUT2D eigenvalue weighted by Crippen LogP contribution is -2.25. The Morgan fingerprint density at radius 3 is 2.67 bits per heavy atom. The molecule has 0 aromatic carbocycles. The monoisotopic (exact) mass is 320 g/mol. The van der Waals surface area contributed by atoms with Gasteiger partial charge < -0.3 is 9.88 Å². The van der Waals surface area contributed by atoms with Crippen LogP contribution in [0.15, 0.2) is 61.2 Å². The highest BCUT2D eigenvalue weighted by molar-refractivity contribution is 5.94. The van der Waals surface area contributed by atoms with E-state index in [1.165, 1.54) is 0 Å². The molecule has 0 unspecified atom stereocenters. The van der Waals surface area contributed by atoms with Crippen molar-refractivity contribution in [2.45, 2.75) is 26.4 Å². The molecule has 5 heteroatoms. The van der Waals surface area contributed by atoms with E-state index >= 15 is 0 Å². The summed E-state index contributed by atoms with van der Waals surface area (Å²) < 4.78 is 2.00. The van der Waals surface area contributed by atoms with Crippen molar-refractivity contribution >= 4 is 5.91 Å². The maximum Gasteiger partial charge on any atom is 0.268 e. The lowest BCUT2D eigenvalue weighted by atomic mass is 10.1. The Bertz CT molecular complexity index is 797. The topological polar surface area (TPSA) is 59.8 Å². The predicted molar refractivity (Wildman–Crippen MR) is 93.4 cm³/mol. The highest BCUT2D eigenvalue weighted by Crippen LogP contribution is 2.22. The number of rotatable bonds is 6. The summed E-state index contributed by atoms with van der Waals surface area (Å²) in [5.41, 5.74) is 3.58. The Balaban J connectivity index is 1.80. The van der Waals surface area contributed by atoms with Crippen molar-refractivity contribution in [1.29, 1.82) is 0 Å². The van der Waals surface area contributed by atoms with Crippen molar-refractivity contribution < 1.29 is 4.79 Å². The van der Waals surface area contributed by atoms with Crippen molar-refractivity contribution in [3.8, 4) is 11.1 Å². The third-order valence-electron chi connectivity index (χ3n) is 3.76. The lowest BCUT2D eigenvalue weighted by Gasteiger charge is -2.08. The van der Waals surface area contributed by atoms with Crippen molar-refractivity contribution in [2.24, 2.45) is 0 Å². The Morgan fingerprint density at radius 1 is 1.12 bits per heavy atom. The summed E-state index contributed by atoms with van der Waals surface area (Å²) in [6.07, 6.45) is 8.23. The van der Waals surface area contributed by atoms with Gasteiger partial charge in [-0.05, 0) is 42.3 Å². The third-order valence-corrected chi connectivity index (χ3v) is 3.76. The van der Waals surface area contributed by atoms with E-state index in [9.17, 15) is 4.79 Å². The fourth-order valence-corrected chi connectivity index (χ4v) is 2.59. The van der Waals surface area contributed by atoms with E-state index in [1.54, 1.807) is 18.6 Å². The van der Waals surface area contributed by atoms with E-state index in [-0.39, 0.29) is 5.91 Å². The van der Waals surface area contributed by atoms with Gasteiger partial charge in [0, 0.05) is 36.9 Å².